The fourth-order valence-electron chi connectivity index (χ4n) is 4.65. The smallest absolute Gasteiger partial charge is 0.295 e. The molecule has 1 aromatic carbocycles. The number of carbonyl (C=O) groups excluding carboxylic acids is 2. The predicted molar refractivity (Wildman–Crippen MR) is 107 cm³/mol. The van der Waals surface area contributed by atoms with Crippen molar-refractivity contribution in [2.75, 3.05) is 12.0 Å². The maximum Gasteiger partial charge on any atom is 0.295 e. The molecule has 1 aliphatic carbocycles. The van der Waals surface area contributed by atoms with Crippen LogP contribution in [0, 0.1) is 5.92 Å². The minimum absolute atomic E-state index is 0.0741. The number of methoxy groups -OCH3 is 1. The summed E-state index contributed by atoms with van der Waals surface area (Å²) in [4.78, 5) is 32.7. The van der Waals surface area contributed by atoms with Crippen molar-refractivity contribution in [3.63, 3.8) is 0 Å². The number of aromatic nitrogens is 1. The van der Waals surface area contributed by atoms with E-state index in [-0.39, 0.29) is 18.0 Å². The van der Waals surface area contributed by atoms with Gasteiger partial charge in [-0.15, -0.1) is 0 Å². The molecule has 3 aliphatic rings. The number of nitrogens with zero attached hydrogens (tertiary/aromatic N) is 2. The molecule has 0 N–H and O–H groups in total. The molecular weight excluding hydrogens is 387 g/mol. The number of hydrogen-bond acceptors (Lipinski definition) is 5. The van der Waals surface area contributed by atoms with Gasteiger partial charge in [-0.1, -0.05) is 18.2 Å². The lowest BCUT2D eigenvalue weighted by Gasteiger charge is -2.36. The van der Waals surface area contributed by atoms with Gasteiger partial charge in [0.25, 0.3) is 5.91 Å². The summed E-state index contributed by atoms with van der Waals surface area (Å²) in [5.41, 5.74) is 1.04. The van der Waals surface area contributed by atoms with Crippen molar-refractivity contribution in [1.29, 1.82) is 0 Å². The number of amides is 1. The van der Waals surface area contributed by atoms with Crippen molar-refractivity contribution in [2.24, 2.45) is 5.92 Å². The number of halogens is 1. The summed E-state index contributed by atoms with van der Waals surface area (Å²) >= 11 is 0. The first-order chi connectivity index (χ1) is 14.6. The molecule has 0 bridgehead atoms. The van der Waals surface area contributed by atoms with Crippen LogP contribution in [0.25, 0.3) is 0 Å². The molecule has 1 amide bonds. The van der Waals surface area contributed by atoms with E-state index in [4.69, 9.17) is 9.47 Å². The number of ketones is 1. The van der Waals surface area contributed by atoms with E-state index < -0.39 is 30.1 Å². The van der Waals surface area contributed by atoms with Crippen LogP contribution in [0.15, 0.2) is 60.0 Å². The Morgan fingerprint density at radius 2 is 1.93 bits per heavy atom. The van der Waals surface area contributed by atoms with E-state index in [2.05, 4.69) is 4.98 Å². The summed E-state index contributed by atoms with van der Waals surface area (Å²) < 4.78 is 25.3. The molecule has 0 radical (unpaired) electrons. The molecule has 2 aliphatic heterocycles. The molecule has 4 atom stereocenters. The average molecular weight is 408 g/mol. The van der Waals surface area contributed by atoms with Crippen LogP contribution in [0.4, 0.5) is 10.2 Å². The van der Waals surface area contributed by atoms with Crippen LogP contribution >= 0.6 is 0 Å². The zero-order valence-corrected chi connectivity index (χ0v) is 16.5. The summed E-state index contributed by atoms with van der Waals surface area (Å²) in [5, 5.41) is 0. The lowest BCUT2D eigenvalue weighted by molar-refractivity contribution is -0.133. The summed E-state index contributed by atoms with van der Waals surface area (Å²) in [7, 11) is 1.57. The van der Waals surface area contributed by atoms with Crippen LogP contribution in [0.2, 0.25) is 0 Å². The molecule has 1 aromatic heterocycles. The Labute approximate surface area is 173 Å². The standard InChI is InChI=1S/C23H21FN2O4/c1-29-15-8-5-13(6-9-15)20-19-21(27)16-12-14(24)7-10-17(16)30-22(19)23(28)26(20)18-4-2-3-11-25-18/h2-6,8-9,11,14,16-17,20H,7,10,12H2,1H3. The molecule has 3 heterocycles. The highest BCUT2D eigenvalue weighted by Crippen LogP contribution is 2.48. The van der Waals surface area contributed by atoms with Gasteiger partial charge in [0.1, 0.15) is 23.8 Å². The average Bonchev–Trinajstić information content (AvgIpc) is 3.07. The highest BCUT2D eigenvalue weighted by atomic mass is 19.1. The van der Waals surface area contributed by atoms with Gasteiger partial charge in [-0.3, -0.25) is 14.5 Å². The summed E-state index contributed by atoms with van der Waals surface area (Å²) in [6, 6.07) is 11.8. The van der Waals surface area contributed by atoms with Crippen LogP contribution in [-0.2, 0) is 14.3 Å². The lowest BCUT2D eigenvalue weighted by Crippen LogP contribution is -2.42. The van der Waals surface area contributed by atoms with Gasteiger partial charge in [0.2, 0.25) is 0 Å². The molecule has 5 rings (SSSR count). The molecule has 6 nitrogen and oxygen atoms in total. The molecule has 1 fully saturated rings. The van der Waals surface area contributed by atoms with Gasteiger partial charge in [-0.25, -0.2) is 9.37 Å². The van der Waals surface area contributed by atoms with Crippen molar-refractivity contribution in [1.82, 2.24) is 4.98 Å². The second-order valence-corrected chi connectivity index (χ2v) is 7.82. The van der Waals surface area contributed by atoms with Crippen LogP contribution < -0.4 is 9.64 Å². The Hall–Kier alpha value is -3.22. The van der Waals surface area contributed by atoms with Gasteiger partial charge in [-0.2, -0.15) is 0 Å². The highest BCUT2D eigenvalue weighted by Gasteiger charge is 2.53. The normalized spacial score (nSPS) is 28.1. The van der Waals surface area contributed by atoms with Gasteiger partial charge in [0.15, 0.2) is 11.5 Å². The largest absolute Gasteiger partial charge is 0.497 e. The molecular formula is C23H21FN2O4. The molecule has 1 saturated carbocycles. The maximum absolute atomic E-state index is 14.1. The third-order valence-corrected chi connectivity index (χ3v) is 6.11. The summed E-state index contributed by atoms with van der Waals surface area (Å²) in [6.45, 7) is 0. The van der Waals surface area contributed by atoms with Gasteiger partial charge in [0.05, 0.1) is 24.6 Å². The van der Waals surface area contributed by atoms with Crippen LogP contribution in [0.1, 0.15) is 30.9 Å². The van der Waals surface area contributed by atoms with Gasteiger partial charge in [-0.05, 0) is 49.1 Å². The summed E-state index contributed by atoms with van der Waals surface area (Å²) in [6.07, 6.45) is 1.03. The maximum atomic E-state index is 14.1. The fourth-order valence-corrected chi connectivity index (χ4v) is 4.65. The Morgan fingerprint density at radius 1 is 1.13 bits per heavy atom. The first kappa shape index (κ1) is 18.8. The number of hydrogen-bond donors (Lipinski definition) is 0. The summed E-state index contributed by atoms with van der Waals surface area (Å²) in [5.74, 6) is 0.0191. The SMILES string of the molecule is COc1ccc(C2C3=C(OC4CCC(F)CC4C3=O)C(=O)N2c2ccccn2)cc1. The molecule has 4 unspecified atom stereocenters. The quantitative estimate of drug-likeness (QED) is 0.777. The second kappa shape index (κ2) is 7.23. The highest BCUT2D eigenvalue weighted by molar-refractivity contribution is 6.17. The second-order valence-electron chi connectivity index (χ2n) is 7.82. The van der Waals surface area contributed by atoms with E-state index >= 15 is 0 Å². The van der Waals surface area contributed by atoms with E-state index in [0.717, 1.165) is 5.56 Å². The minimum atomic E-state index is -1.02. The Morgan fingerprint density at radius 3 is 2.63 bits per heavy atom. The van der Waals surface area contributed by atoms with Crippen molar-refractivity contribution in [2.45, 2.75) is 37.6 Å². The number of carbonyl (C=O) groups is 2. The number of ether oxygens (including phenoxy) is 2. The van der Waals surface area contributed by atoms with Gasteiger partial charge >= 0.3 is 0 Å². The third-order valence-electron chi connectivity index (χ3n) is 6.11. The molecule has 7 heteroatoms. The topological polar surface area (TPSA) is 68.7 Å². The van der Waals surface area contributed by atoms with E-state index in [1.54, 1.807) is 43.6 Å². The van der Waals surface area contributed by atoms with Crippen LogP contribution in [0.5, 0.6) is 5.75 Å². The van der Waals surface area contributed by atoms with Crippen molar-refractivity contribution in [3.8, 4) is 5.75 Å². The molecule has 154 valence electrons. The number of anilines is 1. The minimum Gasteiger partial charge on any atom is -0.497 e. The number of rotatable bonds is 3. The third kappa shape index (κ3) is 2.88. The monoisotopic (exact) mass is 408 g/mol. The Kier molecular flexibility index (Phi) is 4.53. The number of Topliss-reactive ketones (excluding diaryl/α,β-unsaturated/α-hetero) is 1. The number of fused-ring (bicyclic) bond motifs is 1. The van der Waals surface area contributed by atoms with Crippen LogP contribution in [0.3, 0.4) is 0 Å². The number of benzene rings is 1. The van der Waals surface area contributed by atoms with Gasteiger partial charge in [0, 0.05) is 6.20 Å². The predicted octanol–water partition coefficient (Wildman–Crippen LogP) is 3.54. The van der Waals surface area contributed by atoms with Crippen molar-refractivity contribution >= 4 is 17.5 Å². The Balaban J connectivity index is 1.63. The van der Waals surface area contributed by atoms with E-state index in [0.29, 0.717) is 30.0 Å². The molecule has 0 saturated heterocycles. The van der Waals surface area contributed by atoms with Crippen molar-refractivity contribution < 1.29 is 23.5 Å². The van der Waals surface area contributed by atoms with Gasteiger partial charge < -0.3 is 9.47 Å². The lowest BCUT2D eigenvalue weighted by atomic mass is 9.77. The van der Waals surface area contributed by atoms with E-state index in [1.165, 1.54) is 4.90 Å². The van der Waals surface area contributed by atoms with E-state index in [9.17, 15) is 14.0 Å². The molecule has 0 spiro atoms. The zero-order valence-electron chi connectivity index (χ0n) is 16.5. The molecule has 30 heavy (non-hydrogen) atoms. The van der Waals surface area contributed by atoms with E-state index in [1.807, 2.05) is 12.1 Å². The van der Waals surface area contributed by atoms with Crippen LogP contribution in [-0.4, -0.2) is 36.1 Å². The first-order valence-electron chi connectivity index (χ1n) is 10.1. The van der Waals surface area contributed by atoms with Crippen molar-refractivity contribution in [3.05, 3.63) is 65.6 Å². The zero-order chi connectivity index (χ0) is 20.8. The first-order valence-corrected chi connectivity index (χ1v) is 10.1. The molecule has 2 aromatic rings. The number of pyridine rings is 1. The number of alkyl halides is 1. The fraction of sp³-hybridized carbons (Fsp3) is 0.348. The Bertz CT molecular complexity index is 1020.